The predicted molar refractivity (Wildman–Crippen MR) is 94.5 cm³/mol. The number of rotatable bonds is 4. The molecule has 25 heavy (non-hydrogen) atoms. The Morgan fingerprint density at radius 2 is 1.92 bits per heavy atom. The van der Waals surface area contributed by atoms with Gasteiger partial charge in [-0.2, -0.15) is 0 Å². The van der Waals surface area contributed by atoms with Gasteiger partial charge in [0.25, 0.3) is 0 Å². The number of aliphatic carboxylic acids is 1. The fourth-order valence-electron chi connectivity index (χ4n) is 3.22. The molecule has 0 saturated carbocycles. The van der Waals surface area contributed by atoms with Crippen molar-refractivity contribution >= 4 is 22.6 Å². The van der Waals surface area contributed by atoms with Gasteiger partial charge in [-0.25, -0.2) is 4.79 Å². The number of carboxylic acids is 1. The van der Waals surface area contributed by atoms with Crippen molar-refractivity contribution in [1.82, 2.24) is 4.57 Å². The first-order valence-corrected chi connectivity index (χ1v) is 8.09. The lowest BCUT2D eigenvalue weighted by Gasteiger charge is -2.17. The number of carbonyl (C=O) groups is 1. The van der Waals surface area contributed by atoms with Crippen LogP contribution in [0.1, 0.15) is 17.7 Å². The van der Waals surface area contributed by atoms with Gasteiger partial charge in [-0.15, -0.1) is 0 Å². The predicted octanol–water partition coefficient (Wildman–Crippen LogP) is 3.98. The minimum atomic E-state index is -1.07. The fraction of sp³-hybridized carbons (Fsp3) is 0.150. The summed E-state index contributed by atoms with van der Waals surface area (Å²) in [5.74, 6) is -0.483. The van der Waals surface area contributed by atoms with Gasteiger partial charge in [0.1, 0.15) is 18.1 Å². The minimum absolute atomic E-state index is 0.0656. The van der Waals surface area contributed by atoms with Crippen LogP contribution in [0.3, 0.4) is 0 Å². The molecule has 0 spiro atoms. The Hall–Kier alpha value is -3.21. The number of hydrogen-bond acceptors (Lipinski definition) is 3. The summed E-state index contributed by atoms with van der Waals surface area (Å²) in [6, 6.07) is 17.5. The van der Waals surface area contributed by atoms with E-state index in [-0.39, 0.29) is 11.3 Å². The third kappa shape index (κ3) is 2.74. The quantitative estimate of drug-likeness (QED) is 0.756. The van der Waals surface area contributed by atoms with E-state index in [9.17, 15) is 15.0 Å². The van der Waals surface area contributed by atoms with Crippen LogP contribution >= 0.6 is 0 Å². The Morgan fingerprint density at radius 3 is 2.68 bits per heavy atom. The van der Waals surface area contributed by atoms with Crippen LogP contribution in [0.5, 0.6) is 5.75 Å². The molecule has 0 fully saturated rings. The Balaban J connectivity index is 1.66. The smallest absolute Gasteiger partial charge is 0.335 e. The summed E-state index contributed by atoms with van der Waals surface area (Å²) in [6.45, 7) is 1.02. The van der Waals surface area contributed by atoms with E-state index >= 15 is 0 Å². The number of carboxylic acid groups (broad SMARTS) is 1. The monoisotopic (exact) mass is 335 g/mol. The summed E-state index contributed by atoms with van der Waals surface area (Å²) < 4.78 is 7.78. The van der Waals surface area contributed by atoms with Crippen molar-refractivity contribution in [1.29, 1.82) is 0 Å². The number of hydrogen-bond donors (Lipinski definition) is 2. The zero-order chi connectivity index (χ0) is 17.4. The number of ether oxygens (including phenoxy) is 1. The highest BCUT2D eigenvalue weighted by molar-refractivity contribution is 5.97. The van der Waals surface area contributed by atoms with Gasteiger partial charge in [-0.05, 0) is 29.8 Å². The molecular formula is C20H17NO4. The average Bonchev–Trinajstić information content (AvgIpc) is 3.00. The van der Waals surface area contributed by atoms with Gasteiger partial charge < -0.3 is 19.5 Å². The van der Waals surface area contributed by atoms with Gasteiger partial charge in [-0.3, -0.25) is 0 Å². The largest absolute Gasteiger partial charge is 0.505 e. The van der Waals surface area contributed by atoms with E-state index in [1.807, 2.05) is 59.2 Å². The van der Waals surface area contributed by atoms with E-state index < -0.39 is 5.97 Å². The maximum atomic E-state index is 11.2. The molecule has 5 nitrogen and oxygen atoms in total. The molecule has 0 unspecified atom stereocenters. The standard InChI is InChI=1S/C20H17NO4/c22-19-16(20(23)24)8-9-21-17-7-6-15(10-14(17)11-18(19)21)25-12-13-4-2-1-3-5-13/h1-7,10-11,22H,8-9,12H2,(H,23,24). The number of aliphatic hydroxyl groups is 1. The van der Waals surface area contributed by atoms with E-state index in [4.69, 9.17) is 4.74 Å². The molecule has 126 valence electrons. The lowest BCUT2D eigenvalue weighted by molar-refractivity contribution is -0.132. The SMILES string of the molecule is O=C(O)C1=C(O)c2cc3cc(OCc4ccccc4)ccc3n2CC1. The van der Waals surface area contributed by atoms with Crippen molar-refractivity contribution < 1.29 is 19.7 Å². The summed E-state index contributed by atoms with van der Waals surface area (Å²) in [6.07, 6.45) is 0.310. The second-order valence-electron chi connectivity index (χ2n) is 6.06. The molecule has 1 aromatic heterocycles. The Morgan fingerprint density at radius 1 is 1.12 bits per heavy atom. The van der Waals surface area contributed by atoms with Crippen molar-refractivity contribution in [3.63, 3.8) is 0 Å². The molecule has 2 aromatic carbocycles. The maximum absolute atomic E-state index is 11.2. The summed E-state index contributed by atoms with van der Waals surface area (Å²) in [7, 11) is 0. The summed E-state index contributed by atoms with van der Waals surface area (Å²) in [4.78, 5) is 11.2. The normalized spacial score (nSPS) is 13.8. The van der Waals surface area contributed by atoms with Crippen LogP contribution < -0.4 is 4.74 Å². The van der Waals surface area contributed by atoms with Gasteiger partial charge in [-0.1, -0.05) is 30.3 Å². The average molecular weight is 335 g/mol. The summed E-state index contributed by atoms with van der Waals surface area (Å²) in [5, 5.41) is 20.4. The zero-order valence-electron chi connectivity index (χ0n) is 13.5. The van der Waals surface area contributed by atoms with Gasteiger partial charge in [0.15, 0.2) is 0 Å². The van der Waals surface area contributed by atoms with E-state index in [1.165, 1.54) is 0 Å². The molecule has 1 aliphatic rings. The summed E-state index contributed by atoms with van der Waals surface area (Å²) >= 11 is 0. The highest BCUT2D eigenvalue weighted by Crippen LogP contribution is 2.33. The molecular weight excluding hydrogens is 318 g/mol. The van der Waals surface area contributed by atoms with E-state index in [0.29, 0.717) is 25.3 Å². The first kappa shape index (κ1) is 15.3. The van der Waals surface area contributed by atoms with Crippen LogP contribution in [0, 0.1) is 0 Å². The third-order valence-electron chi connectivity index (χ3n) is 4.49. The fourth-order valence-corrected chi connectivity index (χ4v) is 3.22. The number of aliphatic hydroxyl groups excluding tert-OH is 1. The van der Waals surface area contributed by atoms with Crippen molar-refractivity contribution in [2.45, 2.75) is 19.6 Å². The van der Waals surface area contributed by atoms with E-state index in [1.54, 1.807) is 0 Å². The first-order valence-electron chi connectivity index (χ1n) is 8.09. The van der Waals surface area contributed by atoms with Crippen LogP contribution in [0.15, 0.2) is 60.2 Å². The molecule has 0 atom stereocenters. The van der Waals surface area contributed by atoms with Gasteiger partial charge in [0, 0.05) is 23.9 Å². The zero-order valence-corrected chi connectivity index (χ0v) is 13.5. The minimum Gasteiger partial charge on any atom is -0.505 e. The van der Waals surface area contributed by atoms with Crippen LogP contribution in [0.25, 0.3) is 16.7 Å². The highest BCUT2D eigenvalue weighted by atomic mass is 16.5. The molecule has 5 heteroatoms. The number of fused-ring (bicyclic) bond motifs is 3. The molecule has 0 bridgehead atoms. The molecule has 0 saturated heterocycles. The molecule has 2 heterocycles. The van der Waals surface area contributed by atoms with Crippen molar-refractivity contribution in [3.8, 4) is 5.75 Å². The number of nitrogens with zero attached hydrogens (tertiary/aromatic N) is 1. The van der Waals surface area contributed by atoms with Gasteiger partial charge in [0.2, 0.25) is 0 Å². The molecule has 0 amide bonds. The highest BCUT2D eigenvalue weighted by Gasteiger charge is 2.24. The Labute approximate surface area is 144 Å². The van der Waals surface area contributed by atoms with Crippen LogP contribution in [-0.4, -0.2) is 20.7 Å². The van der Waals surface area contributed by atoms with Gasteiger partial charge in [0.05, 0.1) is 11.3 Å². The molecule has 2 N–H and O–H groups in total. The lowest BCUT2D eigenvalue weighted by atomic mass is 10.1. The number of aryl methyl sites for hydroxylation is 1. The topological polar surface area (TPSA) is 71.7 Å². The summed E-state index contributed by atoms with van der Waals surface area (Å²) in [5.41, 5.74) is 2.65. The molecule has 4 rings (SSSR count). The number of benzene rings is 2. The number of aromatic nitrogens is 1. The Kier molecular flexibility index (Phi) is 3.69. The van der Waals surface area contributed by atoms with E-state index in [0.717, 1.165) is 22.2 Å². The van der Waals surface area contributed by atoms with Crippen molar-refractivity contribution in [2.24, 2.45) is 0 Å². The van der Waals surface area contributed by atoms with Crippen LogP contribution in [0.2, 0.25) is 0 Å². The van der Waals surface area contributed by atoms with Crippen LogP contribution in [-0.2, 0) is 17.9 Å². The lowest BCUT2D eigenvalue weighted by Crippen LogP contribution is -2.15. The molecule has 3 aromatic rings. The molecule has 0 aliphatic carbocycles. The van der Waals surface area contributed by atoms with Crippen molar-refractivity contribution in [3.05, 3.63) is 71.4 Å². The molecule has 1 aliphatic heterocycles. The van der Waals surface area contributed by atoms with Crippen molar-refractivity contribution in [2.75, 3.05) is 0 Å². The van der Waals surface area contributed by atoms with Gasteiger partial charge >= 0.3 is 5.97 Å². The van der Waals surface area contributed by atoms with Crippen LogP contribution in [0.4, 0.5) is 0 Å². The second kappa shape index (κ2) is 6.02. The second-order valence-corrected chi connectivity index (χ2v) is 6.06. The Bertz CT molecular complexity index is 986. The van der Waals surface area contributed by atoms with E-state index in [2.05, 4.69) is 0 Å². The third-order valence-corrected chi connectivity index (χ3v) is 4.49. The first-order chi connectivity index (χ1) is 12.1. The maximum Gasteiger partial charge on any atom is 0.335 e. The molecule has 0 radical (unpaired) electrons.